The molecular weight excluding hydrogens is 366 g/mol. The van der Waals surface area contributed by atoms with Crippen LogP contribution in [0.3, 0.4) is 0 Å². The van der Waals surface area contributed by atoms with Gasteiger partial charge in [-0.2, -0.15) is 0 Å². The van der Waals surface area contributed by atoms with Crippen molar-refractivity contribution in [1.82, 2.24) is 15.5 Å². The van der Waals surface area contributed by atoms with E-state index in [0.29, 0.717) is 34.3 Å². The van der Waals surface area contributed by atoms with E-state index in [9.17, 15) is 9.59 Å². The molecule has 2 N–H and O–H groups in total. The molecule has 146 valence electrons. The smallest absolute Gasteiger partial charge is 0.338 e. The number of nitrogens with zero attached hydrogens (tertiary/aromatic N) is 1. The van der Waals surface area contributed by atoms with Crippen LogP contribution < -0.4 is 10.6 Å². The van der Waals surface area contributed by atoms with E-state index in [1.807, 2.05) is 18.2 Å². The number of halogens is 1. The summed E-state index contributed by atoms with van der Waals surface area (Å²) in [5.41, 5.74) is 1.70. The number of carbonyl (C=O) groups is 2. The van der Waals surface area contributed by atoms with Crippen molar-refractivity contribution in [3.05, 3.63) is 46.1 Å². The molecule has 0 spiro atoms. The molecule has 27 heavy (non-hydrogen) atoms. The number of urea groups is 1. The molecular formula is C20H26ClN3O3. The summed E-state index contributed by atoms with van der Waals surface area (Å²) >= 11 is 6.35. The summed E-state index contributed by atoms with van der Waals surface area (Å²) in [6.07, 6.45) is 2.23. The van der Waals surface area contributed by atoms with Crippen LogP contribution in [0.4, 0.5) is 4.79 Å². The van der Waals surface area contributed by atoms with Crippen molar-refractivity contribution in [2.45, 2.75) is 32.7 Å². The number of likely N-dealkylation sites (tertiary alicyclic amines) is 1. The minimum absolute atomic E-state index is 0.264. The Labute approximate surface area is 164 Å². The van der Waals surface area contributed by atoms with Crippen molar-refractivity contribution in [1.29, 1.82) is 0 Å². The molecule has 0 radical (unpaired) electrons. The van der Waals surface area contributed by atoms with Gasteiger partial charge in [0, 0.05) is 17.3 Å². The second kappa shape index (κ2) is 8.76. The highest BCUT2D eigenvalue weighted by Gasteiger charge is 2.35. The van der Waals surface area contributed by atoms with Crippen LogP contribution in [-0.4, -0.2) is 43.1 Å². The number of amides is 2. The van der Waals surface area contributed by atoms with Crippen LogP contribution in [0.5, 0.6) is 0 Å². The summed E-state index contributed by atoms with van der Waals surface area (Å²) in [5.74, 6) is 0.272. The average molecular weight is 392 g/mol. The van der Waals surface area contributed by atoms with Crippen LogP contribution in [0.2, 0.25) is 5.02 Å². The highest BCUT2D eigenvalue weighted by atomic mass is 35.5. The molecule has 0 saturated carbocycles. The zero-order valence-electron chi connectivity index (χ0n) is 15.8. The molecule has 1 unspecified atom stereocenters. The number of nitrogens with one attached hydrogen (secondary N) is 2. The van der Waals surface area contributed by atoms with Crippen LogP contribution in [0.25, 0.3) is 0 Å². The van der Waals surface area contributed by atoms with Crippen molar-refractivity contribution >= 4 is 23.6 Å². The molecule has 7 heteroatoms. The molecule has 0 aliphatic carbocycles. The Morgan fingerprint density at radius 2 is 2.00 bits per heavy atom. The van der Waals surface area contributed by atoms with E-state index in [-0.39, 0.29) is 12.6 Å². The van der Waals surface area contributed by atoms with Gasteiger partial charge in [-0.25, -0.2) is 9.59 Å². The fourth-order valence-electron chi connectivity index (χ4n) is 3.58. The van der Waals surface area contributed by atoms with Gasteiger partial charge in [0.05, 0.1) is 18.2 Å². The van der Waals surface area contributed by atoms with Gasteiger partial charge >= 0.3 is 12.0 Å². The summed E-state index contributed by atoms with van der Waals surface area (Å²) in [4.78, 5) is 27.4. The van der Waals surface area contributed by atoms with Gasteiger partial charge in [-0.1, -0.05) is 36.7 Å². The summed E-state index contributed by atoms with van der Waals surface area (Å²) in [7, 11) is 0. The van der Waals surface area contributed by atoms with Crippen molar-refractivity contribution in [2.75, 3.05) is 26.2 Å². The predicted octanol–water partition coefficient (Wildman–Crippen LogP) is 3.24. The molecule has 3 rings (SSSR count). The summed E-state index contributed by atoms with van der Waals surface area (Å²) in [6.45, 7) is 6.68. The van der Waals surface area contributed by atoms with Gasteiger partial charge in [-0.15, -0.1) is 0 Å². The summed E-state index contributed by atoms with van der Waals surface area (Å²) in [5, 5.41) is 6.15. The second-order valence-corrected chi connectivity index (χ2v) is 7.53. The fraction of sp³-hybridized carbons (Fsp3) is 0.500. The molecule has 0 aromatic heterocycles. The van der Waals surface area contributed by atoms with Gasteiger partial charge in [0.1, 0.15) is 0 Å². The lowest BCUT2D eigenvalue weighted by molar-refractivity contribution is -0.139. The quantitative estimate of drug-likeness (QED) is 0.756. The van der Waals surface area contributed by atoms with E-state index in [4.69, 9.17) is 16.3 Å². The first-order valence-electron chi connectivity index (χ1n) is 9.44. The van der Waals surface area contributed by atoms with E-state index >= 15 is 0 Å². The molecule has 2 heterocycles. The fourth-order valence-corrected chi connectivity index (χ4v) is 3.82. The van der Waals surface area contributed by atoms with Gasteiger partial charge in [0.25, 0.3) is 0 Å². The Hall–Kier alpha value is -2.05. The molecule has 1 atom stereocenters. The monoisotopic (exact) mass is 391 g/mol. The largest absolute Gasteiger partial charge is 0.463 e. The Kier molecular flexibility index (Phi) is 6.39. The zero-order valence-corrected chi connectivity index (χ0v) is 16.5. The lowest BCUT2D eigenvalue weighted by Gasteiger charge is -2.34. The van der Waals surface area contributed by atoms with Crippen LogP contribution in [0, 0.1) is 5.92 Å². The maximum absolute atomic E-state index is 12.8. The number of ether oxygens (including phenoxy) is 1. The second-order valence-electron chi connectivity index (χ2n) is 7.12. The molecule has 1 aromatic rings. The number of carbonyl (C=O) groups excluding carboxylic acids is 2. The molecule has 0 bridgehead atoms. The molecule has 2 aliphatic heterocycles. The Morgan fingerprint density at radius 3 is 2.67 bits per heavy atom. The number of rotatable bonds is 5. The van der Waals surface area contributed by atoms with Gasteiger partial charge in [0.15, 0.2) is 0 Å². The highest BCUT2D eigenvalue weighted by molar-refractivity contribution is 6.31. The Balaban J connectivity index is 1.97. The third kappa shape index (κ3) is 4.62. The number of hydrogen-bond donors (Lipinski definition) is 2. The number of esters is 1. The summed E-state index contributed by atoms with van der Waals surface area (Å²) in [6, 6.07) is 6.25. The molecule has 1 saturated heterocycles. The topological polar surface area (TPSA) is 70.7 Å². The van der Waals surface area contributed by atoms with Crippen LogP contribution >= 0.6 is 11.6 Å². The summed E-state index contributed by atoms with van der Waals surface area (Å²) < 4.78 is 5.29. The maximum atomic E-state index is 12.8. The van der Waals surface area contributed by atoms with Gasteiger partial charge < -0.3 is 15.4 Å². The van der Waals surface area contributed by atoms with Gasteiger partial charge in [-0.3, -0.25) is 4.90 Å². The Morgan fingerprint density at radius 1 is 1.30 bits per heavy atom. The predicted molar refractivity (Wildman–Crippen MR) is 104 cm³/mol. The molecule has 6 nitrogen and oxygen atoms in total. The van der Waals surface area contributed by atoms with Crippen LogP contribution in [0.15, 0.2) is 35.5 Å². The van der Waals surface area contributed by atoms with Crippen molar-refractivity contribution in [3.8, 4) is 0 Å². The normalized spacial score (nSPS) is 21.6. The third-order valence-electron chi connectivity index (χ3n) is 5.12. The molecule has 2 amide bonds. The van der Waals surface area contributed by atoms with E-state index in [1.165, 1.54) is 0 Å². The maximum Gasteiger partial charge on any atom is 0.338 e. The number of hydrogen-bond acceptors (Lipinski definition) is 4. The SMILES string of the molecule is CCOC(=O)C1=C(CN2CCC(C)CC2)NC(=O)NC1c1ccccc1Cl. The first kappa shape index (κ1) is 19.7. The van der Waals surface area contributed by atoms with E-state index < -0.39 is 12.0 Å². The minimum atomic E-state index is -0.634. The first-order chi connectivity index (χ1) is 13.0. The van der Waals surface area contributed by atoms with E-state index in [0.717, 1.165) is 25.9 Å². The Bertz CT molecular complexity index is 742. The van der Waals surface area contributed by atoms with E-state index in [1.54, 1.807) is 13.0 Å². The van der Waals surface area contributed by atoms with Crippen molar-refractivity contribution < 1.29 is 14.3 Å². The van der Waals surface area contributed by atoms with Crippen LogP contribution in [-0.2, 0) is 9.53 Å². The lowest BCUT2D eigenvalue weighted by atomic mass is 9.94. The van der Waals surface area contributed by atoms with Gasteiger partial charge in [-0.05, 0) is 50.4 Å². The van der Waals surface area contributed by atoms with Gasteiger partial charge in [0.2, 0.25) is 0 Å². The standard InChI is InChI=1S/C20H26ClN3O3/c1-3-27-19(25)17-16(12-24-10-8-13(2)9-11-24)22-20(26)23-18(17)14-6-4-5-7-15(14)21/h4-7,13,18H,3,8-12H2,1-2H3,(H2,22,23,26). The molecule has 2 aliphatic rings. The molecule has 1 aromatic carbocycles. The van der Waals surface area contributed by atoms with Crippen molar-refractivity contribution in [2.24, 2.45) is 5.92 Å². The number of piperidine rings is 1. The highest BCUT2D eigenvalue weighted by Crippen LogP contribution is 2.32. The number of benzene rings is 1. The third-order valence-corrected chi connectivity index (χ3v) is 5.47. The van der Waals surface area contributed by atoms with E-state index in [2.05, 4.69) is 22.5 Å². The average Bonchev–Trinajstić information content (AvgIpc) is 2.63. The lowest BCUT2D eigenvalue weighted by Crippen LogP contribution is -2.49. The first-order valence-corrected chi connectivity index (χ1v) is 9.81. The van der Waals surface area contributed by atoms with Crippen molar-refractivity contribution in [3.63, 3.8) is 0 Å². The molecule has 1 fully saturated rings. The zero-order chi connectivity index (χ0) is 19.4. The minimum Gasteiger partial charge on any atom is -0.463 e. The van der Waals surface area contributed by atoms with Crippen LogP contribution in [0.1, 0.15) is 38.3 Å².